The number of aliphatic imine (C=N–C) groups is 1. The monoisotopic (exact) mass is 544 g/mol. The van der Waals surface area contributed by atoms with Crippen LogP contribution in [0, 0.1) is 17.5 Å². The summed E-state index contributed by atoms with van der Waals surface area (Å²) in [5.74, 6) is -3.07. The van der Waals surface area contributed by atoms with Crippen LogP contribution in [0.1, 0.15) is 13.8 Å². The third kappa shape index (κ3) is 5.32. The highest BCUT2D eigenvalue weighted by molar-refractivity contribution is 5.99. The average molecular weight is 545 g/mol. The third-order valence-electron chi connectivity index (χ3n) is 5.86. The number of hydrogen-bond donors (Lipinski definition) is 3. The van der Waals surface area contributed by atoms with Crippen molar-refractivity contribution < 1.29 is 36.9 Å². The molecule has 1 aliphatic rings. The van der Waals surface area contributed by atoms with Gasteiger partial charge in [-0.15, -0.1) is 0 Å². The van der Waals surface area contributed by atoms with Crippen molar-refractivity contribution in [2.24, 2.45) is 4.99 Å². The highest BCUT2D eigenvalue weighted by Crippen LogP contribution is 2.42. The number of benzene rings is 2. The van der Waals surface area contributed by atoms with E-state index < -0.39 is 42.1 Å². The van der Waals surface area contributed by atoms with Crippen molar-refractivity contribution in [2.75, 3.05) is 25.1 Å². The molecule has 0 spiro atoms. The predicted octanol–water partition coefficient (Wildman–Crippen LogP) is 5.73. The number of aromatic nitrogens is 2. The van der Waals surface area contributed by atoms with Crippen molar-refractivity contribution in [1.82, 2.24) is 9.97 Å². The number of rotatable bonds is 7. The molecule has 204 valence electrons. The van der Waals surface area contributed by atoms with E-state index in [1.165, 1.54) is 30.6 Å². The summed E-state index contributed by atoms with van der Waals surface area (Å²) in [6.45, 7) is 2.00. The van der Waals surface area contributed by atoms with Crippen LogP contribution < -0.4 is 14.8 Å². The quantitative estimate of drug-likeness (QED) is 0.257. The Labute approximate surface area is 220 Å². The normalized spacial score (nSPS) is 17.2. The number of fused-ring (bicyclic) bond motifs is 1. The Balaban J connectivity index is 1.48. The van der Waals surface area contributed by atoms with Gasteiger partial charge in [0.2, 0.25) is 0 Å². The van der Waals surface area contributed by atoms with Crippen LogP contribution in [0.4, 0.5) is 23.2 Å². The molecular formula is C27H24F4N4O4. The predicted molar refractivity (Wildman–Crippen MR) is 136 cm³/mol. The lowest BCUT2D eigenvalue weighted by atomic mass is 10.0. The maximum absolute atomic E-state index is 15.1. The molecule has 0 amide bonds. The van der Waals surface area contributed by atoms with Gasteiger partial charge in [0.15, 0.2) is 23.1 Å². The van der Waals surface area contributed by atoms with Crippen molar-refractivity contribution in [3.05, 3.63) is 66.2 Å². The highest BCUT2D eigenvalue weighted by Gasteiger charge is 2.34. The number of nitrogens with zero attached hydrogens (tertiary/aromatic N) is 2. The fourth-order valence-corrected chi connectivity index (χ4v) is 4.06. The molecule has 5 rings (SSSR count). The zero-order chi connectivity index (χ0) is 27.7. The van der Waals surface area contributed by atoms with Gasteiger partial charge in [-0.2, -0.15) is 0 Å². The summed E-state index contributed by atoms with van der Waals surface area (Å²) in [7, 11) is 0. The first-order chi connectivity index (χ1) is 18.7. The molecule has 3 heterocycles. The smallest absolute Gasteiger partial charge is 0.289 e. The van der Waals surface area contributed by atoms with Crippen LogP contribution in [0.3, 0.4) is 0 Å². The van der Waals surface area contributed by atoms with Crippen LogP contribution in [-0.4, -0.2) is 52.6 Å². The number of anilines is 1. The minimum Gasteiger partial charge on any atom is -0.490 e. The Morgan fingerprint density at radius 2 is 1.90 bits per heavy atom. The molecule has 1 aliphatic heterocycles. The SMILES string of the molecule is CC(C)Oc1cccc(F)c1-c1c[nH]c2nccc(Oc3c(F)cc(NC4=NCC(F)(CO)CO4)cc3F)c12. The Kier molecular flexibility index (Phi) is 7.04. The standard InChI is InChI=1S/C27H24F4N4O4/c1-14(2)38-20-5-3-4-17(28)22(20)16-10-33-25-23(16)21(6-7-32-25)39-24-18(29)8-15(9-19(24)30)35-26-34-11-27(31,12-36)13-37-26/h3-10,14,36H,11-13H2,1-2H3,(H,32,33)(H,34,35). The summed E-state index contributed by atoms with van der Waals surface area (Å²) in [4.78, 5) is 11.0. The summed E-state index contributed by atoms with van der Waals surface area (Å²) in [5, 5.41) is 11.9. The molecule has 8 nitrogen and oxygen atoms in total. The summed E-state index contributed by atoms with van der Waals surface area (Å²) >= 11 is 0. The van der Waals surface area contributed by atoms with Crippen molar-refractivity contribution in [1.29, 1.82) is 0 Å². The molecule has 0 bridgehead atoms. The number of ether oxygens (including phenoxy) is 3. The molecule has 0 fully saturated rings. The zero-order valence-corrected chi connectivity index (χ0v) is 20.9. The molecule has 12 heteroatoms. The van der Waals surface area contributed by atoms with E-state index in [4.69, 9.17) is 19.3 Å². The first kappa shape index (κ1) is 26.3. The van der Waals surface area contributed by atoms with Gasteiger partial charge in [0.25, 0.3) is 6.02 Å². The van der Waals surface area contributed by atoms with Gasteiger partial charge in [-0.25, -0.2) is 27.5 Å². The van der Waals surface area contributed by atoms with E-state index in [1.807, 2.05) is 0 Å². The first-order valence-corrected chi connectivity index (χ1v) is 12.0. The first-order valence-electron chi connectivity index (χ1n) is 12.0. The number of halogens is 4. The number of nitrogens with one attached hydrogen (secondary N) is 2. The molecule has 4 aromatic rings. The van der Waals surface area contributed by atoms with Gasteiger partial charge in [0.1, 0.15) is 29.6 Å². The van der Waals surface area contributed by atoms with Crippen molar-refractivity contribution in [2.45, 2.75) is 25.6 Å². The Bertz CT molecular complexity index is 1540. The van der Waals surface area contributed by atoms with Crippen LogP contribution in [0.15, 0.2) is 53.8 Å². The van der Waals surface area contributed by atoms with Gasteiger partial charge in [-0.3, -0.25) is 0 Å². The molecule has 3 N–H and O–H groups in total. The second kappa shape index (κ2) is 10.4. The van der Waals surface area contributed by atoms with Crippen LogP contribution >= 0.6 is 0 Å². The summed E-state index contributed by atoms with van der Waals surface area (Å²) < 4.78 is 75.8. The molecule has 1 unspecified atom stereocenters. The molecule has 39 heavy (non-hydrogen) atoms. The second-order valence-corrected chi connectivity index (χ2v) is 9.23. The number of pyridine rings is 1. The van der Waals surface area contributed by atoms with E-state index in [9.17, 15) is 4.39 Å². The van der Waals surface area contributed by atoms with Gasteiger partial charge < -0.3 is 29.6 Å². The number of amidine groups is 1. The third-order valence-corrected chi connectivity index (χ3v) is 5.86. The van der Waals surface area contributed by atoms with Gasteiger partial charge in [0.05, 0.1) is 30.2 Å². The van der Waals surface area contributed by atoms with Crippen molar-refractivity contribution >= 4 is 22.7 Å². The van der Waals surface area contributed by atoms with Crippen LogP contribution in [-0.2, 0) is 4.74 Å². The van der Waals surface area contributed by atoms with E-state index in [-0.39, 0.29) is 41.4 Å². The van der Waals surface area contributed by atoms with E-state index in [1.54, 1.807) is 19.9 Å². The Hall–Kier alpha value is -4.32. The van der Waals surface area contributed by atoms with Gasteiger partial charge in [-0.1, -0.05) is 6.07 Å². The van der Waals surface area contributed by atoms with E-state index in [0.717, 1.165) is 12.1 Å². The molecule has 0 radical (unpaired) electrons. The lowest BCUT2D eigenvalue weighted by molar-refractivity contribution is 0.0181. The molecule has 1 atom stereocenters. The Morgan fingerprint density at radius 3 is 2.56 bits per heavy atom. The molecule has 2 aromatic heterocycles. The maximum Gasteiger partial charge on any atom is 0.289 e. The number of aliphatic hydroxyl groups is 1. The minimum atomic E-state index is -2.02. The molecule has 0 saturated carbocycles. The lowest BCUT2D eigenvalue weighted by Crippen LogP contribution is -2.43. The lowest BCUT2D eigenvalue weighted by Gasteiger charge is -2.26. The summed E-state index contributed by atoms with van der Waals surface area (Å²) in [6.07, 6.45) is 2.66. The van der Waals surface area contributed by atoms with Crippen molar-refractivity contribution in [3.63, 3.8) is 0 Å². The molecule has 0 saturated heterocycles. The number of aromatic amines is 1. The number of aliphatic hydroxyl groups excluding tert-OH is 1. The molecule has 2 aromatic carbocycles. The maximum atomic E-state index is 15.1. The fraction of sp³-hybridized carbons (Fsp3) is 0.259. The summed E-state index contributed by atoms with van der Waals surface area (Å²) in [5.41, 5.74) is -1.30. The van der Waals surface area contributed by atoms with Gasteiger partial charge >= 0.3 is 0 Å². The topological polar surface area (TPSA) is 101 Å². The van der Waals surface area contributed by atoms with E-state index in [2.05, 4.69) is 20.3 Å². The van der Waals surface area contributed by atoms with Crippen LogP contribution in [0.2, 0.25) is 0 Å². The second-order valence-electron chi connectivity index (χ2n) is 9.23. The van der Waals surface area contributed by atoms with Crippen LogP contribution in [0.5, 0.6) is 17.2 Å². The highest BCUT2D eigenvalue weighted by atomic mass is 19.1. The molecular weight excluding hydrogens is 520 g/mol. The van der Waals surface area contributed by atoms with Gasteiger partial charge in [-0.05, 0) is 32.0 Å². The fourth-order valence-electron chi connectivity index (χ4n) is 4.06. The molecule has 0 aliphatic carbocycles. The Morgan fingerprint density at radius 1 is 1.13 bits per heavy atom. The van der Waals surface area contributed by atoms with Crippen molar-refractivity contribution in [3.8, 4) is 28.4 Å². The number of alkyl halides is 1. The zero-order valence-electron chi connectivity index (χ0n) is 20.9. The van der Waals surface area contributed by atoms with E-state index in [0.29, 0.717) is 16.6 Å². The minimum absolute atomic E-state index is 0.0248. The van der Waals surface area contributed by atoms with Crippen LogP contribution in [0.25, 0.3) is 22.2 Å². The summed E-state index contributed by atoms with van der Waals surface area (Å²) in [6, 6.07) is 7.58. The largest absolute Gasteiger partial charge is 0.490 e. The van der Waals surface area contributed by atoms with E-state index >= 15 is 13.2 Å². The number of H-pyrrole nitrogens is 1. The average Bonchev–Trinajstić information content (AvgIpc) is 3.32. The number of hydrogen-bond acceptors (Lipinski definition) is 7. The van der Waals surface area contributed by atoms with Gasteiger partial charge in [0, 0.05) is 35.8 Å².